The van der Waals surface area contributed by atoms with E-state index in [0.717, 1.165) is 82.7 Å². The third kappa shape index (κ3) is 4.81. The summed E-state index contributed by atoms with van der Waals surface area (Å²) in [6, 6.07) is 65.5. The molecule has 0 radical (unpaired) electrons. The lowest BCUT2D eigenvalue weighted by molar-refractivity contribution is 0.670. The van der Waals surface area contributed by atoms with Crippen molar-refractivity contribution in [2.75, 3.05) is 0 Å². The first-order valence-electron chi connectivity index (χ1n) is 19.1. The van der Waals surface area contributed by atoms with Crippen LogP contribution in [0.15, 0.2) is 192 Å². The van der Waals surface area contributed by atoms with E-state index in [0.29, 0.717) is 17.6 Å². The average Bonchev–Trinajstić information content (AvgIpc) is 3.94. The van der Waals surface area contributed by atoms with Gasteiger partial charge >= 0.3 is 0 Å². The van der Waals surface area contributed by atoms with Crippen molar-refractivity contribution in [1.82, 2.24) is 24.1 Å². The Bertz CT molecular complexity index is 3450. The summed E-state index contributed by atoms with van der Waals surface area (Å²) in [4.78, 5) is 15.4. The smallest absolute Gasteiger partial charge is 0.238 e. The number of rotatable bonds is 5. The van der Waals surface area contributed by atoms with Crippen molar-refractivity contribution in [2.24, 2.45) is 0 Å². The lowest BCUT2D eigenvalue weighted by Gasteiger charge is -2.12. The maximum absolute atomic E-state index is 6.58. The average molecular weight is 730 g/mol. The molecule has 0 fully saturated rings. The molecule has 0 aliphatic carbocycles. The van der Waals surface area contributed by atoms with Crippen LogP contribution in [0.5, 0.6) is 0 Å². The number of nitrogens with zero attached hydrogens (tertiary/aromatic N) is 5. The Kier molecular flexibility index (Phi) is 6.83. The van der Waals surface area contributed by atoms with Crippen LogP contribution in [0.25, 0.3) is 111 Å². The SMILES string of the molecule is c1ccc(-c2nc(-c3ccccc3)nc(-n3c4ccccc4c4c5c6ccccc6n(-c6cc(-c7ccccc7)c7oc8ccccc8c7c6)c5ccc43)n2)cc1. The van der Waals surface area contributed by atoms with E-state index in [9.17, 15) is 0 Å². The fraction of sp³-hybridized carbons (Fsp3) is 0. The van der Waals surface area contributed by atoms with Gasteiger partial charge < -0.3 is 8.98 Å². The van der Waals surface area contributed by atoms with Crippen molar-refractivity contribution in [3.63, 3.8) is 0 Å². The standard InChI is InChI=1S/C51H31N5O/c1-4-16-32(17-5-1)39-30-35(31-40-36-22-12-15-27-45(36)57-48(39)40)55-41-25-13-10-23-37(41)46-43(55)28-29-44-47(46)38-24-11-14-26-42(38)56(44)51-53-49(33-18-6-2-7-19-33)52-50(54-51)34-20-8-3-9-21-34/h1-31H. The second-order valence-electron chi connectivity index (χ2n) is 14.4. The summed E-state index contributed by atoms with van der Waals surface area (Å²) in [6.45, 7) is 0. The Balaban J connectivity index is 1.18. The molecule has 6 nitrogen and oxygen atoms in total. The first-order valence-corrected chi connectivity index (χ1v) is 19.1. The molecule has 6 heteroatoms. The Morgan fingerprint density at radius 1 is 0.368 bits per heavy atom. The maximum atomic E-state index is 6.58. The molecule has 0 aliphatic heterocycles. The van der Waals surface area contributed by atoms with Gasteiger partial charge in [0.2, 0.25) is 5.95 Å². The highest BCUT2D eigenvalue weighted by Crippen LogP contribution is 2.44. The molecule has 4 aromatic heterocycles. The fourth-order valence-electron chi connectivity index (χ4n) is 8.68. The van der Waals surface area contributed by atoms with E-state index >= 15 is 0 Å². The van der Waals surface area contributed by atoms with Crippen molar-refractivity contribution < 1.29 is 4.42 Å². The highest BCUT2D eigenvalue weighted by molar-refractivity contribution is 6.29. The summed E-state index contributed by atoms with van der Waals surface area (Å²) >= 11 is 0. The molecule has 4 heterocycles. The van der Waals surface area contributed by atoms with Crippen LogP contribution in [0.3, 0.4) is 0 Å². The minimum atomic E-state index is 0.571. The molecule has 0 spiro atoms. The number of aromatic nitrogens is 5. The van der Waals surface area contributed by atoms with Crippen molar-refractivity contribution in [1.29, 1.82) is 0 Å². The van der Waals surface area contributed by atoms with E-state index in [2.05, 4.69) is 130 Å². The molecular weight excluding hydrogens is 699 g/mol. The molecule has 12 aromatic rings. The predicted molar refractivity (Wildman–Crippen MR) is 232 cm³/mol. The number of para-hydroxylation sites is 3. The van der Waals surface area contributed by atoms with E-state index in [1.165, 1.54) is 10.8 Å². The highest BCUT2D eigenvalue weighted by atomic mass is 16.3. The number of furan rings is 1. The number of hydrogen-bond acceptors (Lipinski definition) is 4. The van der Waals surface area contributed by atoms with Gasteiger partial charge in [-0.25, -0.2) is 4.98 Å². The summed E-state index contributed by atoms with van der Waals surface area (Å²) in [5.74, 6) is 1.82. The van der Waals surface area contributed by atoms with Crippen LogP contribution in [-0.4, -0.2) is 24.1 Å². The van der Waals surface area contributed by atoms with Crippen LogP contribution < -0.4 is 0 Å². The van der Waals surface area contributed by atoms with E-state index in [1.807, 2.05) is 66.7 Å². The van der Waals surface area contributed by atoms with Crippen molar-refractivity contribution in [2.45, 2.75) is 0 Å². The fourth-order valence-corrected chi connectivity index (χ4v) is 8.68. The van der Waals surface area contributed by atoms with Gasteiger partial charge in [-0.15, -0.1) is 0 Å². The van der Waals surface area contributed by atoms with Crippen LogP contribution in [-0.2, 0) is 0 Å². The number of benzene rings is 8. The topological polar surface area (TPSA) is 61.7 Å². The summed E-state index contributed by atoms with van der Waals surface area (Å²) in [5, 5.41) is 6.81. The molecule has 0 atom stereocenters. The van der Waals surface area contributed by atoms with Crippen LogP contribution in [0.2, 0.25) is 0 Å². The molecule has 57 heavy (non-hydrogen) atoms. The highest BCUT2D eigenvalue weighted by Gasteiger charge is 2.24. The third-order valence-electron chi connectivity index (χ3n) is 11.2. The van der Waals surface area contributed by atoms with Gasteiger partial charge in [0.1, 0.15) is 11.2 Å². The first kappa shape index (κ1) is 31.5. The molecule has 0 saturated carbocycles. The second-order valence-corrected chi connectivity index (χ2v) is 14.4. The molecule has 0 bridgehead atoms. The zero-order valence-corrected chi connectivity index (χ0v) is 30.5. The zero-order valence-electron chi connectivity index (χ0n) is 30.5. The minimum Gasteiger partial charge on any atom is -0.455 e. The first-order chi connectivity index (χ1) is 28.3. The lowest BCUT2D eigenvalue weighted by atomic mass is 10.0. The monoisotopic (exact) mass is 729 g/mol. The zero-order chi connectivity index (χ0) is 37.5. The molecule has 12 rings (SSSR count). The Morgan fingerprint density at radius 2 is 0.860 bits per heavy atom. The van der Waals surface area contributed by atoms with Crippen molar-refractivity contribution >= 4 is 65.6 Å². The van der Waals surface area contributed by atoms with Crippen LogP contribution in [0, 0.1) is 0 Å². The summed E-state index contributed by atoms with van der Waals surface area (Å²) in [5.41, 5.74) is 11.2. The van der Waals surface area contributed by atoms with Gasteiger partial charge in [0.05, 0.1) is 22.1 Å². The summed E-state index contributed by atoms with van der Waals surface area (Å²) in [6.07, 6.45) is 0. The van der Waals surface area contributed by atoms with Gasteiger partial charge in [-0.3, -0.25) is 4.57 Å². The van der Waals surface area contributed by atoms with E-state index < -0.39 is 0 Å². The molecule has 0 aliphatic rings. The lowest BCUT2D eigenvalue weighted by Crippen LogP contribution is -2.06. The Morgan fingerprint density at radius 3 is 1.47 bits per heavy atom. The predicted octanol–water partition coefficient (Wildman–Crippen LogP) is 13.0. The van der Waals surface area contributed by atoms with Crippen LogP contribution in [0.1, 0.15) is 0 Å². The van der Waals surface area contributed by atoms with Crippen LogP contribution in [0.4, 0.5) is 0 Å². The quantitative estimate of drug-likeness (QED) is 0.177. The summed E-state index contributed by atoms with van der Waals surface area (Å²) in [7, 11) is 0. The van der Waals surface area contributed by atoms with E-state index in [1.54, 1.807) is 0 Å². The molecule has 0 amide bonds. The second kappa shape index (κ2) is 12.3. The minimum absolute atomic E-state index is 0.571. The molecule has 0 unspecified atom stereocenters. The molecule has 0 saturated heterocycles. The normalized spacial score (nSPS) is 11.9. The van der Waals surface area contributed by atoms with Gasteiger partial charge in [-0.05, 0) is 48.0 Å². The number of hydrogen-bond donors (Lipinski definition) is 0. The van der Waals surface area contributed by atoms with Gasteiger partial charge in [0.25, 0.3) is 0 Å². The third-order valence-corrected chi connectivity index (χ3v) is 11.2. The number of fused-ring (bicyclic) bond motifs is 10. The van der Waals surface area contributed by atoms with Gasteiger partial charge in [0, 0.05) is 54.7 Å². The largest absolute Gasteiger partial charge is 0.455 e. The van der Waals surface area contributed by atoms with Gasteiger partial charge in [0.15, 0.2) is 11.6 Å². The molecule has 8 aromatic carbocycles. The summed E-state index contributed by atoms with van der Waals surface area (Å²) < 4.78 is 11.2. The van der Waals surface area contributed by atoms with Gasteiger partial charge in [-0.2, -0.15) is 9.97 Å². The van der Waals surface area contributed by atoms with E-state index in [4.69, 9.17) is 19.4 Å². The Hall–Kier alpha value is -7.83. The molecular formula is C51H31N5O. The van der Waals surface area contributed by atoms with Crippen molar-refractivity contribution in [3.05, 3.63) is 188 Å². The van der Waals surface area contributed by atoms with Gasteiger partial charge in [-0.1, -0.05) is 146 Å². The molecule has 0 N–H and O–H groups in total. The van der Waals surface area contributed by atoms with Crippen molar-refractivity contribution in [3.8, 4) is 45.5 Å². The van der Waals surface area contributed by atoms with E-state index in [-0.39, 0.29) is 0 Å². The Labute approximate surface area is 326 Å². The maximum Gasteiger partial charge on any atom is 0.238 e. The molecule has 266 valence electrons. The van der Waals surface area contributed by atoms with Crippen LogP contribution >= 0.6 is 0 Å².